The summed E-state index contributed by atoms with van der Waals surface area (Å²) in [4.78, 5) is 11.5. The number of carbonyl (C=O) groups excluding carboxylic acids is 1. The van der Waals surface area contributed by atoms with Gasteiger partial charge in [-0.15, -0.1) is 12.3 Å². The van der Waals surface area contributed by atoms with Gasteiger partial charge in [-0.25, -0.2) is 13.6 Å². The average molecular weight is 266 g/mol. The lowest BCUT2D eigenvalue weighted by atomic mass is 10.2. The van der Waals surface area contributed by atoms with E-state index < -0.39 is 10.0 Å². The second-order valence-corrected chi connectivity index (χ2v) is 5.34. The molecule has 0 saturated carbocycles. The number of primary sulfonamides is 1. The van der Waals surface area contributed by atoms with Crippen molar-refractivity contribution in [3.63, 3.8) is 0 Å². The number of hydrogen-bond donors (Lipinski definition) is 2. The molecule has 0 radical (unpaired) electrons. The van der Waals surface area contributed by atoms with Crippen LogP contribution in [0.5, 0.6) is 0 Å². The fraction of sp³-hybridized carbons (Fsp3) is 0.250. The second kappa shape index (κ2) is 5.67. The zero-order valence-corrected chi connectivity index (χ0v) is 10.8. The predicted octanol–water partition coefficient (Wildman–Crippen LogP) is 0.994. The molecule has 96 valence electrons. The van der Waals surface area contributed by atoms with Crippen molar-refractivity contribution in [3.05, 3.63) is 23.8 Å². The van der Waals surface area contributed by atoms with Crippen LogP contribution >= 0.6 is 0 Å². The van der Waals surface area contributed by atoms with E-state index in [-0.39, 0.29) is 17.2 Å². The molecule has 0 atom stereocenters. The van der Waals surface area contributed by atoms with E-state index in [1.165, 1.54) is 18.2 Å². The van der Waals surface area contributed by atoms with E-state index in [1.807, 2.05) is 0 Å². The molecule has 0 aliphatic carbocycles. The molecule has 0 aromatic heterocycles. The van der Waals surface area contributed by atoms with Gasteiger partial charge in [0.05, 0.1) is 4.90 Å². The van der Waals surface area contributed by atoms with Crippen LogP contribution < -0.4 is 10.5 Å². The van der Waals surface area contributed by atoms with Crippen molar-refractivity contribution in [1.29, 1.82) is 0 Å². The number of hydrogen-bond acceptors (Lipinski definition) is 3. The van der Waals surface area contributed by atoms with E-state index in [4.69, 9.17) is 11.6 Å². The highest BCUT2D eigenvalue weighted by Crippen LogP contribution is 2.19. The molecule has 1 aromatic carbocycles. The Hall–Kier alpha value is -1.84. The third-order valence-electron chi connectivity index (χ3n) is 2.30. The molecular weight excluding hydrogens is 252 g/mol. The molecule has 0 aliphatic rings. The monoisotopic (exact) mass is 266 g/mol. The smallest absolute Gasteiger partial charge is 0.238 e. The Balaban J connectivity index is 2.88. The van der Waals surface area contributed by atoms with Gasteiger partial charge in [0.1, 0.15) is 0 Å². The molecule has 0 spiro atoms. The SMILES string of the molecule is C#CCCC(=O)Nc1ccc(S(N)(=O)=O)cc1C. The molecule has 0 heterocycles. The van der Waals surface area contributed by atoms with Crippen molar-refractivity contribution in [3.8, 4) is 12.3 Å². The summed E-state index contributed by atoms with van der Waals surface area (Å²) in [5, 5.41) is 7.66. The highest BCUT2D eigenvalue weighted by Gasteiger charge is 2.10. The number of aryl methyl sites for hydroxylation is 1. The number of sulfonamides is 1. The van der Waals surface area contributed by atoms with Crippen LogP contribution in [0.4, 0.5) is 5.69 Å². The van der Waals surface area contributed by atoms with Gasteiger partial charge in [-0.2, -0.15) is 0 Å². The maximum absolute atomic E-state index is 11.5. The molecule has 0 saturated heterocycles. The van der Waals surface area contributed by atoms with Gasteiger partial charge in [-0.05, 0) is 30.7 Å². The number of benzene rings is 1. The number of nitrogens with two attached hydrogens (primary N) is 1. The molecule has 6 heteroatoms. The Morgan fingerprint density at radius 2 is 2.17 bits per heavy atom. The summed E-state index contributed by atoms with van der Waals surface area (Å²) in [6.45, 7) is 1.69. The minimum atomic E-state index is -3.72. The van der Waals surface area contributed by atoms with Crippen LogP contribution in [0.2, 0.25) is 0 Å². The zero-order valence-electron chi connectivity index (χ0n) is 9.93. The zero-order chi connectivity index (χ0) is 13.8. The first-order valence-corrected chi connectivity index (χ1v) is 6.76. The van der Waals surface area contributed by atoms with Crippen LogP contribution in [0.15, 0.2) is 23.1 Å². The number of nitrogens with one attached hydrogen (secondary N) is 1. The first-order chi connectivity index (χ1) is 8.34. The maximum atomic E-state index is 11.5. The Kier molecular flexibility index (Phi) is 4.48. The molecule has 0 aliphatic heterocycles. The summed E-state index contributed by atoms with van der Waals surface area (Å²) in [6, 6.07) is 4.26. The summed E-state index contributed by atoms with van der Waals surface area (Å²) < 4.78 is 22.3. The molecule has 0 unspecified atom stereocenters. The van der Waals surface area contributed by atoms with Gasteiger partial charge >= 0.3 is 0 Å². The van der Waals surface area contributed by atoms with Crippen molar-refractivity contribution in [2.45, 2.75) is 24.7 Å². The van der Waals surface area contributed by atoms with Gasteiger partial charge in [-0.1, -0.05) is 0 Å². The lowest BCUT2D eigenvalue weighted by molar-refractivity contribution is -0.116. The van der Waals surface area contributed by atoms with Gasteiger partial charge in [0, 0.05) is 18.5 Å². The van der Waals surface area contributed by atoms with Crippen LogP contribution in [0.25, 0.3) is 0 Å². The molecule has 1 aromatic rings. The topological polar surface area (TPSA) is 89.3 Å². The molecule has 0 bridgehead atoms. The van der Waals surface area contributed by atoms with Crippen LogP contribution in [0, 0.1) is 19.3 Å². The van der Waals surface area contributed by atoms with Crippen LogP contribution in [0.1, 0.15) is 18.4 Å². The fourth-order valence-electron chi connectivity index (χ4n) is 1.35. The van der Waals surface area contributed by atoms with E-state index >= 15 is 0 Å². The minimum Gasteiger partial charge on any atom is -0.326 e. The number of terminal acetylenes is 1. The molecule has 5 nitrogen and oxygen atoms in total. The largest absolute Gasteiger partial charge is 0.326 e. The Labute approximate surface area is 106 Å². The van der Waals surface area contributed by atoms with Gasteiger partial charge in [0.25, 0.3) is 0 Å². The first kappa shape index (κ1) is 14.2. The van der Waals surface area contributed by atoms with E-state index in [0.29, 0.717) is 17.7 Å². The summed E-state index contributed by atoms with van der Waals surface area (Å²) in [6.07, 6.45) is 5.65. The summed E-state index contributed by atoms with van der Waals surface area (Å²) in [7, 11) is -3.72. The summed E-state index contributed by atoms with van der Waals surface area (Å²) in [5.41, 5.74) is 1.17. The average Bonchev–Trinajstić information content (AvgIpc) is 2.27. The van der Waals surface area contributed by atoms with Crippen molar-refractivity contribution in [2.24, 2.45) is 5.14 Å². The third kappa shape index (κ3) is 3.87. The Morgan fingerprint density at radius 1 is 1.50 bits per heavy atom. The molecule has 0 fully saturated rings. The lowest BCUT2D eigenvalue weighted by Crippen LogP contribution is -2.14. The summed E-state index contributed by atoms with van der Waals surface area (Å²) in [5.74, 6) is 2.16. The lowest BCUT2D eigenvalue weighted by Gasteiger charge is -2.09. The summed E-state index contributed by atoms with van der Waals surface area (Å²) >= 11 is 0. The van der Waals surface area contributed by atoms with Crippen LogP contribution in [0.3, 0.4) is 0 Å². The molecular formula is C12H14N2O3S. The molecule has 1 amide bonds. The van der Waals surface area contributed by atoms with Crippen molar-refractivity contribution in [2.75, 3.05) is 5.32 Å². The number of carbonyl (C=O) groups is 1. The minimum absolute atomic E-state index is 0.0154. The standard InChI is InChI=1S/C12H14N2O3S/c1-3-4-5-12(15)14-11-7-6-10(8-9(11)2)18(13,16)17/h1,6-8H,4-5H2,2H3,(H,14,15)(H2,13,16,17). The number of amides is 1. The molecule has 1 rings (SSSR count). The normalized spacial score (nSPS) is 10.7. The van der Waals surface area contributed by atoms with Crippen LogP contribution in [-0.4, -0.2) is 14.3 Å². The molecule has 3 N–H and O–H groups in total. The maximum Gasteiger partial charge on any atom is 0.238 e. The van der Waals surface area contributed by atoms with Gasteiger partial charge in [-0.3, -0.25) is 4.79 Å². The highest BCUT2D eigenvalue weighted by atomic mass is 32.2. The van der Waals surface area contributed by atoms with E-state index in [0.717, 1.165) is 0 Å². The van der Waals surface area contributed by atoms with E-state index in [9.17, 15) is 13.2 Å². The second-order valence-electron chi connectivity index (χ2n) is 3.77. The Bertz CT molecular complexity index is 600. The van der Waals surface area contributed by atoms with Gasteiger partial charge < -0.3 is 5.32 Å². The van der Waals surface area contributed by atoms with Crippen molar-refractivity contribution >= 4 is 21.6 Å². The Morgan fingerprint density at radius 3 is 2.67 bits per heavy atom. The van der Waals surface area contributed by atoms with Crippen molar-refractivity contribution < 1.29 is 13.2 Å². The van der Waals surface area contributed by atoms with E-state index in [2.05, 4.69) is 11.2 Å². The van der Waals surface area contributed by atoms with Gasteiger partial charge in [0.15, 0.2) is 0 Å². The third-order valence-corrected chi connectivity index (χ3v) is 3.21. The fourth-order valence-corrected chi connectivity index (χ4v) is 1.95. The quantitative estimate of drug-likeness (QED) is 0.796. The highest BCUT2D eigenvalue weighted by molar-refractivity contribution is 7.89. The van der Waals surface area contributed by atoms with Crippen LogP contribution in [-0.2, 0) is 14.8 Å². The molecule has 18 heavy (non-hydrogen) atoms. The predicted molar refractivity (Wildman–Crippen MR) is 69.2 cm³/mol. The van der Waals surface area contributed by atoms with Gasteiger partial charge in [0.2, 0.25) is 15.9 Å². The van der Waals surface area contributed by atoms with Crippen molar-refractivity contribution in [1.82, 2.24) is 0 Å². The van der Waals surface area contributed by atoms with E-state index in [1.54, 1.807) is 6.92 Å². The first-order valence-electron chi connectivity index (χ1n) is 5.21. The number of rotatable bonds is 4. The number of anilines is 1.